The lowest BCUT2D eigenvalue weighted by Gasteiger charge is -2.05. The van der Waals surface area contributed by atoms with Gasteiger partial charge in [0, 0.05) is 23.9 Å². The number of imidazole rings is 1. The second kappa shape index (κ2) is 5.50. The third-order valence-corrected chi connectivity index (χ3v) is 4.12. The van der Waals surface area contributed by atoms with E-state index in [1.54, 1.807) is 11.3 Å². The first-order chi connectivity index (χ1) is 9.67. The van der Waals surface area contributed by atoms with Gasteiger partial charge in [0.2, 0.25) is 0 Å². The van der Waals surface area contributed by atoms with Gasteiger partial charge in [-0.3, -0.25) is 0 Å². The zero-order valence-corrected chi connectivity index (χ0v) is 13.0. The van der Waals surface area contributed by atoms with E-state index in [0.29, 0.717) is 12.4 Å². The summed E-state index contributed by atoms with van der Waals surface area (Å²) < 4.78 is 2.12. The van der Waals surface area contributed by atoms with E-state index in [4.69, 9.17) is 11.6 Å². The number of pyridine rings is 1. The lowest BCUT2D eigenvalue weighted by atomic mass is 10.3. The zero-order valence-electron chi connectivity index (χ0n) is 11.4. The van der Waals surface area contributed by atoms with Crippen LogP contribution in [-0.4, -0.2) is 25.4 Å². The van der Waals surface area contributed by atoms with Crippen LogP contribution in [0.1, 0.15) is 22.1 Å². The Labute approximate surface area is 126 Å². The Bertz CT molecular complexity index is 747. The summed E-state index contributed by atoms with van der Waals surface area (Å²) in [6.07, 6.45) is 2.61. The van der Waals surface area contributed by atoms with Crippen LogP contribution in [-0.2, 0) is 13.0 Å². The lowest BCUT2D eigenvalue weighted by Crippen LogP contribution is -2.07. The molecule has 4 nitrogen and oxygen atoms in total. The van der Waals surface area contributed by atoms with Gasteiger partial charge < -0.3 is 4.57 Å². The van der Waals surface area contributed by atoms with Crippen LogP contribution in [0.3, 0.4) is 0 Å². The number of aryl methyl sites for hydroxylation is 3. The van der Waals surface area contributed by atoms with Crippen LogP contribution in [0.15, 0.2) is 17.6 Å². The Balaban J connectivity index is 2.08. The fourth-order valence-corrected chi connectivity index (χ4v) is 3.02. The number of hydrogen-bond acceptors (Lipinski definition) is 4. The minimum absolute atomic E-state index is 0.554. The van der Waals surface area contributed by atoms with Gasteiger partial charge >= 0.3 is 0 Å². The summed E-state index contributed by atoms with van der Waals surface area (Å²) in [6.45, 7) is 4.74. The van der Waals surface area contributed by atoms with Gasteiger partial charge in [0.05, 0.1) is 17.2 Å². The topological polar surface area (TPSA) is 43.6 Å². The van der Waals surface area contributed by atoms with Gasteiger partial charge in [0.15, 0.2) is 5.65 Å². The number of fused-ring (bicyclic) bond motifs is 1. The van der Waals surface area contributed by atoms with E-state index in [9.17, 15) is 0 Å². The van der Waals surface area contributed by atoms with Gasteiger partial charge in [-0.15, -0.1) is 22.9 Å². The molecule has 0 bridgehead atoms. The minimum atomic E-state index is 0.554. The van der Waals surface area contributed by atoms with E-state index in [-0.39, 0.29) is 0 Å². The van der Waals surface area contributed by atoms with Gasteiger partial charge in [-0.05, 0) is 25.5 Å². The quantitative estimate of drug-likeness (QED) is 0.694. The molecular formula is C14H15ClN4S. The van der Waals surface area contributed by atoms with Crippen molar-refractivity contribution in [1.29, 1.82) is 0 Å². The fourth-order valence-electron chi connectivity index (χ4n) is 2.24. The largest absolute Gasteiger partial charge is 0.307 e. The van der Waals surface area contributed by atoms with Crippen LogP contribution in [0, 0.1) is 13.8 Å². The van der Waals surface area contributed by atoms with Crippen molar-refractivity contribution in [3.05, 3.63) is 39.7 Å². The summed E-state index contributed by atoms with van der Waals surface area (Å²) in [5.74, 6) is 1.53. The molecule has 0 aliphatic carbocycles. The van der Waals surface area contributed by atoms with Crippen LogP contribution >= 0.6 is 22.9 Å². The Morgan fingerprint density at radius 1 is 1.30 bits per heavy atom. The first-order valence-corrected chi connectivity index (χ1v) is 7.87. The van der Waals surface area contributed by atoms with E-state index < -0.39 is 0 Å². The molecular weight excluding hydrogens is 292 g/mol. The van der Waals surface area contributed by atoms with Crippen molar-refractivity contribution in [3.63, 3.8) is 0 Å². The maximum absolute atomic E-state index is 5.89. The minimum Gasteiger partial charge on any atom is -0.307 e. The molecule has 0 radical (unpaired) electrons. The molecule has 20 heavy (non-hydrogen) atoms. The average molecular weight is 307 g/mol. The Hall–Kier alpha value is -1.46. The van der Waals surface area contributed by atoms with Gasteiger partial charge in [0.1, 0.15) is 11.3 Å². The van der Waals surface area contributed by atoms with E-state index in [1.165, 1.54) is 0 Å². The van der Waals surface area contributed by atoms with E-state index in [2.05, 4.69) is 31.0 Å². The molecule has 0 spiro atoms. The monoisotopic (exact) mass is 306 g/mol. The Morgan fingerprint density at radius 2 is 2.15 bits per heavy atom. The number of aromatic nitrogens is 4. The molecule has 0 unspecified atom stereocenters. The van der Waals surface area contributed by atoms with Crippen molar-refractivity contribution in [2.75, 3.05) is 5.88 Å². The summed E-state index contributed by atoms with van der Waals surface area (Å²) in [5, 5.41) is 3.16. The molecule has 3 aromatic heterocycles. The predicted octanol–water partition coefficient (Wildman–Crippen LogP) is 3.33. The van der Waals surface area contributed by atoms with Crippen molar-refractivity contribution >= 4 is 34.1 Å². The second-order valence-corrected chi connectivity index (χ2v) is 6.21. The molecule has 0 atom stereocenters. The van der Waals surface area contributed by atoms with Crippen molar-refractivity contribution in [2.24, 2.45) is 0 Å². The molecule has 3 heterocycles. The molecule has 3 aromatic rings. The van der Waals surface area contributed by atoms with E-state index in [0.717, 1.165) is 39.7 Å². The SMILES string of the molecule is Cc1cnc2c(c1)nc(CCCl)n2Cc1csc(C)n1. The normalized spacial score (nSPS) is 11.3. The summed E-state index contributed by atoms with van der Waals surface area (Å²) in [6, 6.07) is 2.06. The molecule has 6 heteroatoms. The molecule has 0 amide bonds. The standard InChI is InChI=1S/C14H15ClN4S/c1-9-5-12-14(16-6-9)19(13(18-12)3-4-15)7-11-8-20-10(2)17-11/h5-6,8H,3-4,7H2,1-2H3. The number of hydrogen-bond donors (Lipinski definition) is 0. The molecule has 104 valence electrons. The van der Waals surface area contributed by atoms with Crippen LogP contribution in [0.5, 0.6) is 0 Å². The smallest absolute Gasteiger partial charge is 0.160 e. The Morgan fingerprint density at radius 3 is 2.85 bits per heavy atom. The van der Waals surface area contributed by atoms with Crippen LogP contribution in [0.2, 0.25) is 0 Å². The van der Waals surface area contributed by atoms with Crippen LogP contribution in [0.25, 0.3) is 11.2 Å². The zero-order chi connectivity index (χ0) is 14.1. The van der Waals surface area contributed by atoms with Crippen LogP contribution in [0.4, 0.5) is 0 Å². The summed E-state index contributed by atoms with van der Waals surface area (Å²) >= 11 is 7.55. The van der Waals surface area contributed by atoms with Gasteiger partial charge in [0.25, 0.3) is 0 Å². The highest BCUT2D eigenvalue weighted by molar-refractivity contribution is 7.09. The van der Waals surface area contributed by atoms with Crippen LogP contribution < -0.4 is 0 Å². The molecule has 0 saturated carbocycles. The van der Waals surface area contributed by atoms with Crippen molar-refractivity contribution in [3.8, 4) is 0 Å². The number of rotatable bonds is 4. The Kier molecular flexibility index (Phi) is 3.72. The number of nitrogens with zero attached hydrogens (tertiary/aromatic N) is 4. The van der Waals surface area contributed by atoms with Gasteiger partial charge in [-0.1, -0.05) is 0 Å². The second-order valence-electron chi connectivity index (χ2n) is 4.77. The third-order valence-electron chi connectivity index (χ3n) is 3.11. The maximum atomic E-state index is 5.89. The molecule has 0 aliphatic rings. The lowest BCUT2D eigenvalue weighted by molar-refractivity contribution is 0.733. The number of halogens is 1. The fraction of sp³-hybridized carbons (Fsp3) is 0.357. The van der Waals surface area contributed by atoms with Gasteiger partial charge in [-0.2, -0.15) is 0 Å². The molecule has 0 aromatic carbocycles. The van der Waals surface area contributed by atoms with E-state index >= 15 is 0 Å². The highest BCUT2D eigenvalue weighted by atomic mass is 35.5. The average Bonchev–Trinajstić information content (AvgIpc) is 2.95. The maximum Gasteiger partial charge on any atom is 0.160 e. The highest BCUT2D eigenvalue weighted by Crippen LogP contribution is 2.19. The predicted molar refractivity (Wildman–Crippen MR) is 82.6 cm³/mol. The molecule has 0 fully saturated rings. The summed E-state index contributed by atoms with van der Waals surface area (Å²) in [5.41, 5.74) is 3.99. The first kappa shape index (κ1) is 13.5. The first-order valence-electron chi connectivity index (χ1n) is 6.46. The number of thiazole rings is 1. The molecule has 0 aliphatic heterocycles. The highest BCUT2D eigenvalue weighted by Gasteiger charge is 2.13. The summed E-state index contributed by atoms with van der Waals surface area (Å²) in [4.78, 5) is 13.7. The number of alkyl halides is 1. The third kappa shape index (κ3) is 2.55. The van der Waals surface area contributed by atoms with E-state index in [1.807, 2.05) is 20.0 Å². The molecule has 3 rings (SSSR count). The molecule has 0 saturated heterocycles. The van der Waals surface area contributed by atoms with Gasteiger partial charge in [-0.25, -0.2) is 15.0 Å². The molecule has 0 N–H and O–H groups in total. The van der Waals surface area contributed by atoms with Crippen molar-refractivity contribution in [2.45, 2.75) is 26.8 Å². The summed E-state index contributed by atoms with van der Waals surface area (Å²) in [7, 11) is 0. The van der Waals surface area contributed by atoms with Crippen molar-refractivity contribution < 1.29 is 0 Å². The van der Waals surface area contributed by atoms with Crippen molar-refractivity contribution in [1.82, 2.24) is 19.5 Å².